The molecule has 3 rings (SSSR count). The standard InChI is InChI=1S/C22H28N2O2S/c1-16(2)24(20-9-5-6-10-20)22(25)13-12-18-8-4-7-11-21(18)26-14-19-15-27-17(3)23-19/h4,7-8,11-13,15-16,20H,5-6,9-10,14H2,1-3H3/b13-12+. The number of rotatable bonds is 7. The molecule has 1 fully saturated rings. The lowest BCUT2D eigenvalue weighted by molar-refractivity contribution is -0.130. The van der Waals surface area contributed by atoms with Crippen molar-refractivity contribution in [1.29, 1.82) is 0 Å². The summed E-state index contributed by atoms with van der Waals surface area (Å²) >= 11 is 1.62. The molecule has 0 aliphatic heterocycles. The van der Waals surface area contributed by atoms with E-state index < -0.39 is 0 Å². The van der Waals surface area contributed by atoms with E-state index in [2.05, 4.69) is 18.8 Å². The molecule has 2 aromatic rings. The minimum Gasteiger partial charge on any atom is -0.487 e. The molecule has 0 saturated heterocycles. The Morgan fingerprint density at radius 2 is 2.07 bits per heavy atom. The molecule has 0 N–H and O–H groups in total. The third kappa shape index (κ3) is 5.19. The van der Waals surface area contributed by atoms with Crippen LogP contribution in [0.5, 0.6) is 5.75 Å². The number of carbonyl (C=O) groups excluding carboxylic acids is 1. The highest BCUT2D eigenvalue weighted by Gasteiger charge is 2.27. The van der Waals surface area contributed by atoms with Crippen molar-refractivity contribution in [3.63, 3.8) is 0 Å². The van der Waals surface area contributed by atoms with Crippen LogP contribution in [0.25, 0.3) is 6.08 Å². The van der Waals surface area contributed by atoms with E-state index in [0.29, 0.717) is 12.6 Å². The Morgan fingerprint density at radius 1 is 1.33 bits per heavy atom. The Kier molecular flexibility index (Phi) is 6.67. The predicted octanol–water partition coefficient (Wildman–Crippen LogP) is 5.22. The maximum atomic E-state index is 12.8. The molecule has 5 heteroatoms. The molecule has 0 atom stereocenters. The third-order valence-electron chi connectivity index (χ3n) is 4.90. The van der Waals surface area contributed by atoms with Crippen molar-refractivity contribution < 1.29 is 9.53 Å². The van der Waals surface area contributed by atoms with Gasteiger partial charge in [0.05, 0.1) is 10.7 Å². The summed E-state index contributed by atoms with van der Waals surface area (Å²) in [5.74, 6) is 0.853. The first-order valence-corrected chi connectivity index (χ1v) is 10.6. The molecule has 1 aliphatic rings. The van der Waals surface area contributed by atoms with Gasteiger partial charge in [0, 0.05) is 29.1 Å². The van der Waals surface area contributed by atoms with Crippen molar-refractivity contribution in [3.05, 3.63) is 52.0 Å². The van der Waals surface area contributed by atoms with Gasteiger partial charge in [-0.1, -0.05) is 31.0 Å². The maximum absolute atomic E-state index is 12.8. The Morgan fingerprint density at radius 3 is 2.74 bits per heavy atom. The van der Waals surface area contributed by atoms with Gasteiger partial charge >= 0.3 is 0 Å². The van der Waals surface area contributed by atoms with Crippen molar-refractivity contribution in [1.82, 2.24) is 9.88 Å². The topological polar surface area (TPSA) is 42.4 Å². The summed E-state index contributed by atoms with van der Waals surface area (Å²) in [6, 6.07) is 8.40. The van der Waals surface area contributed by atoms with Crippen LogP contribution in [-0.2, 0) is 11.4 Å². The Hall–Kier alpha value is -2.14. The number of ether oxygens (including phenoxy) is 1. The second kappa shape index (κ2) is 9.18. The smallest absolute Gasteiger partial charge is 0.247 e. The molecule has 4 nitrogen and oxygen atoms in total. The molecule has 0 spiro atoms. The molecule has 0 unspecified atom stereocenters. The normalized spacial score (nSPS) is 15.0. The van der Waals surface area contributed by atoms with E-state index in [1.54, 1.807) is 17.4 Å². The summed E-state index contributed by atoms with van der Waals surface area (Å²) in [6.45, 7) is 6.61. The van der Waals surface area contributed by atoms with Crippen LogP contribution in [0, 0.1) is 6.92 Å². The summed E-state index contributed by atoms with van der Waals surface area (Å²) in [6.07, 6.45) is 8.23. The van der Waals surface area contributed by atoms with E-state index in [4.69, 9.17) is 4.74 Å². The van der Waals surface area contributed by atoms with Crippen LogP contribution in [-0.4, -0.2) is 27.9 Å². The largest absolute Gasteiger partial charge is 0.487 e. The number of benzene rings is 1. The number of hydrogen-bond donors (Lipinski definition) is 0. The molecule has 1 heterocycles. The van der Waals surface area contributed by atoms with Crippen molar-refractivity contribution in [2.24, 2.45) is 0 Å². The van der Waals surface area contributed by atoms with Gasteiger partial charge in [-0.25, -0.2) is 4.98 Å². The van der Waals surface area contributed by atoms with Crippen molar-refractivity contribution in [3.8, 4) is 5.75 Å². The number of aryl methyl sites for hydroxylation is 1. The van der Waals surface area contributed by atoms with Crippen LogP contribution in [0.4, 0.5) is 0 Å². The SMILES string of the molecule is Cc1nc(COc2ccccc2/C=C/C(=O)N(C(C)C)C2CCCC2)cs1. The molecule has 0 radical (unpaired) electrons. The number of hydrogen-bond acceptors (Lipinski definition) is 4. The van der Waals surface area contributed by atoms with Gasteiger partial charge < -0.3 is 9.64 Å². The monoisotopic (exact) mass is 384 g/mol. The highest BCUT2D eigenvalue weighted by molar-refractivity contribution is 7.09. The summed E-state index contributed by atoms with van der Waals surface area (Å²) in [4.78, 5) is 19.3. The van der Waals surface area contributed by atoms with Gasteiger partial charge in [0.1, 0.15) is 12.4 Å². The predicted molar refractivity (Wildman–Crippen MR) is 111 cm³/mol. The minimum absolute atomic E-state index is 0.0850. The van der Waals surface area contributed by atoms with E-state index >= 15 is 0 Å². The number of thiazole rings is 1. The third-order valence-corrected chi connectivity index (χ3v) is 5.72. The van der Waals surface area contributed by atoms with Crippen molar-refractivity contribution >= 4 is 23.3 Å². The number of aromatic nitrogens is 1. The van der Waals surface area contributed by atoms with Gasteiger partial charge in [0.15, 0.2) is 0 Å². The number of amides is 1. The van der Waals surface area contributed by atoms with Crippen molar-refractivity contribution in [2.45, 2.75) is 65.1 Å². The molecule has 144 valence electrons. The minimum atomic E-state index is 0.0850. The van der Waals surface area contributed by atoms with E-state index in [-0.39, 0.29) is 11.9 Å². The summed E-state index contributed by atoms with van der Waals surface area (Å²) in [7, 11) is 0. The average molecular weight is 385 g/mol. The molecule has 1 aromatic carbocycles. The first-order chi connectivity index (χ1) is 13.0. The summed E-state index contributed by atoms with van der Waals surface area (Å²) < 4.78 is 5.94. The van der Waals surface area contributed by atoms with Crippen LogP contribution < -0.4 is 4.74 Å². The molecule has 1 aliphatic carbocycles. The van der Waals surface area contributed by atoms with E-state index in [1.807, 2.05) is 47.5 Å². The van der Waals surface area contributed by atoms with Crippen LogP contribution in [0.1, 0.15) is 55.8 Å². The zero-order valence-corrected chi connectivity index (χ0v) is 17.2. The van der Waals surface area contributed by atoms with Crippen LogP contribution in [0.15, 0.2) is 35.7 Å². The number of para-hydroxylation sites is 1. The first kappa shape index (κ1) is 19.6. The second-order valence-corrected chi connectivity index (χ2v) is 8.36. The maximum Gasteiger partial charge on any atom is 0.247 e. The fraction of sp³-hybridized carbons (Fsp3) is 0.455. The highest BCUT2D eigenvalue weighted by atomic mass is 32.1. The lowest BCUT2D eigenvalue weighted by atomic mass is 10.1. The molecule has 1 aromatic heterocycles. The van der Waals surface area contributed by atoms with Gasteiger partial charge in [-0.2, -0.15) is 0 Å². The van der Waals surface area contributed by atoms with Gasteiger partial charge in [0.2, 0.25) is 5.91 Å². The Bertz CT molecular complexity index is 791. The Labute approximate surface area is 165 Å². The molecular formula is C22H28N2O2S. The average Bonchev–Trinajstić information content (AvgIpc) is 3.30. The second-order valence-electron chi connectivity index (χ2n) is 7.30. The van der Waals surface area contributed by atoms with Crippen LogP contribution in [0.2, 0.25) is 0 Å². The fourth-order valence-corrected chi connectivity index (χ4v) is 4.26. The van der Waals surface area contributed by atoms with Crippen molar-refractivity contribution in [2.75, 3.05) is 0 Å². The summed E-state index contributed by atoms with van der Waals surface area (Å²) in [5.41, 5.74) is 1.84. The van der Waals surface area contributed by atoms with E-state index in [1.165, 1.54) is 12.8 Å². The van der Waals surface area contributed by atoms with Gasteiger partial charge in [-0.3, -0.25) is 4.79 Å². The molecule has 1 saturated carbocycles. The van der Waals surface area contributed by atoms with Crippen LogP contribution >= 0.6 is 11.3 Å². The van der Waals surface area contributed by atoms with Crippen LogP contribution in [0.3, 0.4) is 0 Å². The number of nitrogens with zero attached hydrogens (tertiary/aromatic N) is 2. The van der Waals surface area contributed by atoms with Gasteiger partial charge in [0.25, 0.3) is 0 Å². The lowest BCUT2D eigenvalue weighted by Gasteiger charge is -2.31. The van der Waals surface area contributed by atoms with E-state index in [9.17, 15) is 4.79 Å². The zero-order chi connectivity index (χ0) is 19.2. The fourth-order valence-electron chi connectivity index (χ4n) is 3.66. The molecule has 0 bridgehead atoms. The van der Waals surface area contributed by atoms with Gasteiger partial charge in [-0.15, -0.1) is 11.3 Å². The number of carbonyl (C=O) groups is 1. The zero-order valence-electron chi connectivity index (χ0n) is 16.4. The molecule has 27 heavy (non-hydrogen) atoms. The molecule has 1 amide bonds. The van der Waals surface area contributed by atoms with Gasteiger partial charge in [-0.05, 0) is 45.8 Å². The quantitative estimate of drug-likeness (QED) is 0.614. The lowest BCUT2D eigenvalue weighted by Crippen LogP contribution is -2.42. The Balaban J connectivity index is 1.69. The molecular weight excluding hydrogens is 356 g/mol. The summed E-state index contributed by atoms with van der Waals surface area (Å²) in [5, 5.41) is 3.05. The van der Waals surface area contributed by atoms with E-state index in [0.717, 1.165) is 34.9 Å². The first-order valence-electron chi connectivity index (χ1n) is 9.68. The highest BCUT2D eigenvalue weighted by Crippen LogP contribution is 2.26.